The van der Waals surface area contributed by atoms with Gasteiger partial charge in [0.15, 0.2) is 5.65 Å². The molecule has 0 saturated heterocycles. The normalized spacial score (nSPS) is 18.2. The maximum absolute atomic E-state index is 14.6. The van der Waals surface area contributed by atoms with E-state index in [1.165, 1.54) is 22.9 Å². The Kier molecular flexibility index (Phi) is 7.03. The summed E-state index contributed by atoms with van der Waals surface area (Å²) in [5.41, 5.74) is 1.97. The van der Waals surface area contributed by atoms with Crippen LogP contribution in [0.2, 0.25) is 0 Å². The van der Waals surface area contributed by atoms with Crippen molar-refractivity contribution in [3.8, 4) is 0 Å². The van der Waals surface area contributed by atoms with Gasteiger partial charge in [0, 0.05) is 18.0 Å². The first-order valence-corrected chi connectivity index (χ1v) is 12.8. The zero-order valence-electron chi connectivity index (χ0n) is 21.2. The number of benzene rings is 1. The third-order valence-electron chi connectivity index (χ3n) is 7.58. The molecule has 1 saturated carbocycles. The third kappa shape index (κ3) is 4.93. The van der Waals surface area contributed by atoms with Gasteiger partial charge in [-0.15, -0.1) is 0 Å². The standard InChI is InChI=1S/C29H28F4N4O/c1-3-20-15-35-24-14-21(18-9-11-19(12-10-18)26-17(2)6-4-8-23(26)30)28(38)37(27(24)36-20)16-25-22(29(31,32)33)7-5-13-34-25/h4-8,13-15,18-19H,3,9-12,16H2,1-2H3/t18-,19-. The summed E-state index contributed by atoms with van der Waals surface area (Å²) in [4.78, 5) is 26.8. The maximum atomic E-state index is 14.6. The smallest absolute Gasteiger partial charge is 0.285 e. The molecule has 9 heteroatoms. The molecule has 5 rings (SSSR count). The molecule has 0 N–H and O–H groups in total. The Morgan fingerprint density at radius 1 is 1.03 bits per heavy atom. The van der Waals surface area contributed by atoms with Crippen molar-refractivity contribution < 1.29 is 17.6 Å². The van der Waals surface area contributed by atoms with Gasteiger partial charge in [-0.25, -0.2) is 9.37 Å². The summed E-state index contributed by atoms with van der Waals surface area (Å²) >= 11 is 0. The monoisotopic (exact) mass is 524 g/mol. The van der Waals surface area contributed by atoms with E-state index in [0.717, 1.165) is 17.2 Å². The Morgan fingerprint density at radius 2 is 1.76 bits per heavy atom. The Labute approximate surface area is 217 Å². The molecule has 0 bridgehead atoms. The molecule has 0 atom stereocenters. The summed E-state index contributed by atoms with van der Waals surface area (Å²) in [7, 11) is 0. The predicted molar refractivity (Wildman–Crippen MR) is 137 cm³/mol. The first kappa shape index (κ1) is 26.0. The topological polar surface area (TPSA) is 60.7 Å². The van der Waals surface area contributed by atoms with Crippen molar-refractivity contribution in [2.75, 3.05) is 0 Å². The van der Waals surface area contributed by atoms with E-state index >= 15 is 0 Å². The lowest BCUT2D eigenvalue weighted by Crippen LogP contribution is -2.29. The van der Waals surface area contributed by atoms with Gasteiger partial charge in [0.05, 0.1) is 23.5 Å². The van der Waals surface area contributed by atoms with Crippen molar-refractivity contribution in [1.82, 2.24) is 19.5 Å². The molecule has 5 nitrogen and oxygen atoms in total. The summed E-state index contributed by atoms with van der Waals surface area (Å²) in [6, 6.07) is 9.01. The second kappa shape index (κ2) is 10.3. The number of hydrogen-bond acceptors (Lipinski definition) is 4. The van der Waals surface area contributed by atoms with Crippen LogP contribution in [0.25, 0.3) is 11.2 Å². The molecule has 3 aromatic heterocycles. The molecule has 38 heavy (non-hydrogen) atoms. The summed E-state index contributed by atoms with van der Waals surface area (Å²) in [5.74, 6) is -0.260. The van der Waals surface area contributed by atoms with Gasteiger partial charge in [-0.1, -0.05) is 19.1 Å². The van der Waals surface area contributed by atoms with Gasteiger partial charge in [0.25, 0.3) is 5.56 Å². The van der Waals surface area contributed by atoms with E-state index in [-0.39, 0.29) is 41.1 Å². The van der Waals surface area contributed by atoms with Gasteiger partial charge in [-0.05, 0) is 86.3 Å². The highest BCUT2D eigenvalue weighted by Gasteiger charge is 2.34. The largest absolute Gasteiger partial charge is 0.418 e. The van der Waals surface area contributed by atoms with Gasteiger partial charge in [-0.3, -0.25) is 19.3 Å². The van der Waals surface area contributed by atoms with Gasteiger partial charge < -0.3 is 0 Å². The van der Waals surface area contributed by atoms with E-state index in [4.69, 9.17) is 0 Å². The van der Waals surface area contributed by atoms with Crippen LogP contribution < -0.4 is 5.56 Å². The quantitative estimate of drug-likeness (QED) is 0.273. The van der Waals surface area contributed by atoms with Crippen molar-refractivity contribution in [3.63, 3.8) is 0 Å². The number of aromatic nitrogens is 4. The molecule has 3 heterocycles. The molecule has 1 fully saturated rings. The van der Waals surface area contributed by atoms with E-state index in [2.05, 4.69) is 15.0 Å². The van der Waals surface area contributed by atoms with Crippen LogP contribution in [0.15, 0.2) is 53.6 Å². The number of rotatable bonds is 5. The highest BCUT2D eigenvalue weighted by Crippen LogP contribution is 2.41. The first-order chi connectivity index (χ1) is 18.2. The van der Waals surface area contributed by atoms with Crippen LogP contribution in [-0.4, -0.2) is 19.5 Å². The number of halogens is 4. The van der Waals surface area contributed by atoms with Crippen LogP contribution in [-0.2, 0) is 19.1 Å². The molecule has 0 aliphatic heterocycles. The maximum Gasteiger partial charge on any atom is 0.418 e. The number of aryl methyl sites for hydroxylation is 2. The summed E-state index contributed by atoms with van der Waals surface area (Å²) in [5, 5.41) is 0. The molecular weight excluding hydrogens is 496 g/mol. The van der Waals surface area contributed by atoms with Gasteiger partial charge in [0.2, 0.25) is 0 Å². The fourth-order valence-corrected chi connectivity index (χ4v) is 5.62. The highest BCUT2D eigenvalue weighted by atomic mass is 19.4. The minimum atomic E-state index is -4.61. The van der Waals surface area contributed by atoms with Crippen LogP contribution in [0.4, 0.5) is 17.6 Å². The van der Waals surface area contributed by atoms with E-state index in [9.17, 15) is 22.4 Å². The minimum Gasteiger partial charge on any atom is -0.285 e. The van der Waals surface area contributed by atoms with Crippen LogP contribution in [0.1, 0.15) is 78.1 Å². The fraction of sp³-hybridized carbons (Fsp3) is 0.379. The van der Waals surface area contributed by atoms with Crippen LogP contribution in [0, 0.1) is 12.7 Å². The van der Waals surface area contributed by atoms with Crippen LogP contribution in [0.5, 0.6) is 0 Å². The molecule has 198 valence electrons. The average molecular weight is 525 g/mol. The van der Waals surface area contributed by atoms with E-state index in [1.54, 1.807) is 18.3 Å². The third-order valence-corrected chi connectivity index (χ3v) is 7.58. The fourth-order valence-electron chi connectivity index (χ4n) is 5.62. The Morgan fingerprint density at radius 3 is 2.45 bits per heavy atom. The molecule has 0 radical (unpaired) electrons. The molecule has 1 aromatic carbocycles. The van der Waals surface area contributed by atoms with Gasteiger partial charge >= 0.3 is 6.18 Å². The number of nitrogens with zero attached hydrogens (tertiary/aromatic N) is 4. The number of alkyl halides is 3. The lowest BCUT2D eigenvalue weighted by Gasteiger charge is -2.30. The lowest BCUT2D eigenvalue weighted by molar-refractivity contribution is -0.138. The molecule has 0 unspecified atom stereocenters. The number of hydrogen-bond donors (Lipinski definition) is 0. The van der Waals surface area contributed by atoms with Crippen molar-refractivity contribution in [2.24, 2.45) is 0 Å². The number of pyridine rings is 2. The molecule has 1 aliphatic rings. The lowest BCUT2D eigenvalue weighted by atomic mass is 9.75. The highest BCUT2D eigenvalue weighted by molar-refractivity contribution is 5.71. The Hall–Kier alpha value is -3.62. The van der Waals surface area contributed by atoms with E-state index in [0.29, 0.717) is 48.9 Å². The zero-order chi connectivity index (χ0) is 27.0. The van der Waals surface area contributed by atoms with Gasteiger partial charge in [0.1, 0.15) is 11.3 Å². The van der Waals surface area contributed by atoms with Crippen molar-refractivity contribution >= 4 is 11.2 Å². The summed E-state index contributed by atoms with van der Waals surface area (Å²) in [6.45, 7) is 3.43. The second-order valence-electron chi connectivity index (χ2n) is 9.93. The summed E-state index contributed by atoms with van der Waals surface area (Å²) in [6.07, 6.45) is 1.62. The first-order valence-electron chi connectivity index (χ1n) is 12.8. The molecular formula is C29H28F4N4O. The SMILES string of the molecule is CCc1cnc2cc([C@H]3CC[C@H](c4c(C)cccc4F)CC3)c(=O)n(Cc3ncccc3C(F)(F)F)c2n1. The molecule has 0 spiro atoms. The van der Waals surface area contributed by atoms with E-state index in [1.807, 2.05) is 19.9 Å². The van der Waals surface area contributed by atoms with Crippen LogP contribution in [0.3, 0.4) is 0 Å². The van der Waals surface area contributed by atoms with Crippen molar-refractivity contribution in [2.45, 2.75) is 70.5 Å². The Balaban J connectivity index is 1.54. The molecule has 0 amide bonds. The van der Waals surface area contributed by atoms with Gasteiger partial charge in [-0.2, -0.15) is 13.2 Å². The van der Waals surface area contributed by atoms with Crippen molar-refractivity contribution in [1.29, 1.82) is 0 Å². The number of fused-ring (bicyclic) bond motifs is 1. The Bertz CT molecular complexity index is 1520. The van der Waals surface area contributed by atoms with E-state index < -0.39 is 11.7 Å². The minimum absolute atomic E-state index is 0.0601. The van der Waals surface area contributed by atoms with Crippen molar-refractivity contribution in [3.05, 3.63) is 98.6 Å². The predicted octanol–water partition coefficient (Wildman–Crippen LogP) is 6.70. The molecule has 1 aliphatic carbocycles. The second-order valence-corrected chi connectivity index (χ2v) is 9.93. The zero-order valence-corrected chi connectivity index (χ0v) is 21.2. The average Bonchev–Trinajstić information content (AvgIpc) is 2.90. The van der Waals surface area contributed by atoms with Crippen LogP contribution >= 0.6 is 0 Å². The summed E-state index contributed by atoms with van der Waals surface area (Å²) < 4.78 is 57.0. The molecule has 4 aromatic rings.